The number of nitro benzene ring substituents is 1. The highest BCUT2D eigenvalue weighted by Gasteiger charge is 2.37. The van der Waals surface area contributed by atoms with Crippen LogP contribution in [-0.2, 0) is 11.2 Å². The molecular weight excluding hydrogens is 270 g/mol. The summed E-state index contributed by atoms with van der Waals surface area (Å²) in [6.45, 7) is 1.15. The van der Waals surface area contributed by atoms with Crippen molar-refractivity contribution in [2.45, 2.75) is 25.7 Å². The van der Waals surface area contributed by atoms with Crippen LogP contribution in [0.2, 0.25) is 0 Å². The van der Waals surface area contributed by atoms with Gasteiger partial charge in [-0.2, -0.15) is 0 Å². The maximum Gasteiger partial charge on any atom is 0.271 e. The van der Waals surface area contributed by atoms with Gasteiger partial charge in [0.25, 0.3) is 5.69 Å². The molecule has 6 nitrogen and oxygen atoms in total. The van der Waals surface area contributed by atoms with Crippen molar-refractivity contribution in [2.75, 3.05) is 18.0 Å². The van der Waals surface area contributed by atoms with Crippen LogP contribution in [0.4, 0.5) is 11.4 Å². The van der Waals surface area contributed by atoms with Crippen molar-refractivity contribution in [3.8, 4) is 0 Å². The van der Waals surface area contributed by atoms with Gasteiger partial charge in [0.2, 0.25) is 5.91 Å². The second kappa shape index (κ2) is 5.44. The maximum absolute atomic E-state index is 12.8. The number of hydrogen-bond donors (Lipinski definition) is 1. The van der Waals surface area contributed by atoms with Crippen molar-refractivity contribution in [3.63, 3.8) is 0 Å². The van der Waals surface area contributed by atoms with E-state index in [1.54, 1.807) is 11.0 Å². The minimum absolute atomic E-state index is 0.0276. The second-order valence-electron chi connectivity index (χ2n) is 5.84. The zero-order chi connectivity index (χ0) is 15.0. The zero-order valence-corrected chi connectivity index (χ0v) is 11.8. The van der Waals surface area contributed by atoms with Gasteiger partial charge in [0, 0.05) is 24.6 Å². The number of carbonyl (C=O) groups is 1. The lowest BCUT2D eigenvalue weighted by atomic mass is 9.94. The Morgan fingerprint density at radius 2 is 2.24 bits per heavy atom. The SMILES string of the molecule is NC[C@H]1CCC[C@H]1C(=O)N1CCc2ccc([N+](=O)[O-])cc21. The summed E-state index contributed by atoms with van der Waals surface area (Å²) in [5.74, 6) is 0.308. The van der Waals surface area contributed by atoms with Crippen molar-refractivity contribution >= 4 is 17.3 Å². The lowest BCUT2D eigenvalue weighted by Crippen LogP contribution is -2.38. The minimum atomic E-state index is -0.417. The Hall–Kier alpha value is -1.95. The molecule has 0 spiro atoms. The van der Waals surface area contributed by atoms with E-state index in [0.29, 0.717) is 18.8 Å². The average molecular weight is 289 g/mol. The van der Waals surface area contributed by atoms with Crippen LogP contribution in [0.5, 0.6) is 0 Å². The van der Waals surface area contributed by atoms with Crippen molar-refractivity contribution in [2.24, 2.45) is 17.6 Å². The fraction of sp³-hybridized carbons (Fsp3) is 0.533. The number of fused-ring (bicyclic) bond motifs is 1. The largest absolute Gasteiger partial charge is 0.330 e. The van der Waals surface area contributed by atoms with E-state index in [1.807, 2.05) is 0 Å². The molecule has 112 valence electrons. The number of nitrogens with two attached hydrogens (primary N) is 1. The first-order valence-electron chi connectivity index (χ1n) is 7.40. The van der Waals surface area contributed by atoms with Gasteiger partial charge in [0.1, 0.15) is 0 Å². The van der Waals surface area contributed by atoms with Crippen molar-refractivity contribution in [3.05, 3.63) is 33.9 Å². The minimum Gasteiger partial charge on any atom is -0.330 e. The monoisotopic (exact) mass is 289 g/mol. The molecule has 1 fully saturated rings. The van der Waals surface area contributed by atoms with Crippen LogP contribution in [0.15, 0.2) is 18.2 Å². The number of amides is 1. The van der Waals surface area contributed by atoms with Crippen LogP contribution in [0.1, 0.15) is 24.8 Å². The van der Waals surface area contributed by atoms with Gasteiger partial charge < -0.3 is 10.6 Å². The van der Waals surface area contributed by atoms with E-state index in [4.69, 9.17) is 5.73 Å². The Balaban J connectivity index is 1.88. The van der Waals surface area contributed by atoms with Gasteiger partial charge in [-0.3, -0.25) is 14.9 Å². The summed E-state index contributed by atoms with van der Waals surface area (Å²) in [7, 11) is 0. The van der Waals surface area contributed by atoms with E-state index >= 15 is 0 Å². The molecule has 2 aliphatic rings. The van der Waals surface area contributed by atoms with Gasteiger partial charge in [-0.15, -0.1) is 0 Å². The third-order valence-corrected chi connectivity index (χ3v) is 4.72. The van der Waals surface area contributed by atoms with E-state index in [1.165, 1.54) is 12.1 Å². The summed E-state index contributed by atoms with van der Waals surface area (Å²) in [5.41, 5.74) is 7.51. The number of benzene rings is 1. The fourth-order valence-corrected chi connectivity index (χ4v) is 3.55. The third kappa shape index (κ3) is 2.40. The van der Waals surface area contributed by atoms with E-state index in [0.717, 1.165) is 31.2 Å². The van der Waals surface area contributed by atoms with Gasteiger partial charge in [0.05, 0.1) is 10.6 Å². The molecule has 0 bridgehead atoms. The highest BCUT2D eigenvalue weighted by Crippen LogP contribution is 2.37. The molecule has 2 N–H and O–H groups in total. The molecule has 0 aromatic heterocycles. The molecule has 1 heterocycles. The molecule has 0 saturated heterocycles. The smallest absolute Gasteiger partial charge is 0.271 e. The first kappa shape index (κ1) is 14.0. The summed E-state index contributed by atoms with van der Waals surface area (Å²) >= 11 is 0. The number of non-ortho nitro benzene ring substituents is 1. The van der Waals surface area contributed by atoms with Crippen LogP contribution in [0.3, 0.4) is 0 Å². The zero-order valence-electron chi connectivity index (χ0n) is 11.8. The van der Waals surface area contributed by atoms with Crippen LogP contribution < -0.4 is 10.6 Å². The van der Waals surface area contributed by atoms with Crippen molar-refractivity contribution in [1.82, 2.24) is 0 Å². The number of nitrogens with zero attached hydrogens (tertiary/aromatic N) is 2. The molecule has 21 heavy (non-hydrogen) atoms. The molecule has 1 aliphatic carbocycles. The molecule has 1 saturated carbocycles. The third-order valence-electron chi connectivity index (χ3n) is 4.72. The lowest BCUT2D eigenvalue weighted by Gasteiger charge is -2.24. The molecule has 6 heteroatoms. The van der Waals surface area contributed by atoms with Crippen molar-refractivity contribution < 1.29 is 9.72 Å². The topological polar surface area (TPSA) is 89.5 Å². The molecule has 1 aromatic carbocycles. The van der Waals surface area contributed by atoms with Gasteiger partial charge in [0.15, 0.2) is 0 Å². The molecule has 1 amide bonds. The Morgan fingerprint density at radius 3 is 2.95 bits per heavy atom. The number of nitro groups is 1. The normalized spacial score (nSPS) is 24.1. The molecule has 3 rings (SSSR count). The Bertz CT molecular complexity index is 588. The molecule has 1 aliphatic heterocycles. The summed E-state index contributed by atoms with van der Waals surface area (Å²) < 4.78 is 0. The van der Waals surface area contributed by atoms with Crippen LogP contribution in [0, 0.1) is 22.0 Å². The van der Waals surface area contributed by atoms with Crippen molar-refractivity contribution in [1.29, 1.82) is 0 Å². The molecule has 0 unspecified atom stereocenters. The summed E-state index contributed by atoms with van der Waals surface area (Å²) in [4.78, 5) is 25.0. The molecule has 1 aromatic rings. The van der Waals surface area contributed by atoms with Crippen LogP contribution >= 0.6 is 0 Å². The second-order valence-corrected chi connectivity index (χ2v) is 5.84. The highest BCUT2D eigenvalue weighted by molar-refractivity contribution is 5.97. The number of rotatable bonds is 3. The Kier molecular flexibility index (Phi) is 3.63. The van der Waals surface area contributed by atoms with E-state index in [-0.39, 0.29) is 23.4 Å². The van der Waals surface area contributed by atoms with Gasteiger partial charge in [-0.05, 0) is 37.3 Å². The molecule has 2 atom stereocenters. The van der Waals surface area contributed by atoms with Gasteiger partial charge >= 0.3 is 0 Å². The van der Waals surface area contributed by atoms with E-state index in [2.05, 4.69) is 0 Å². The van der Waals surface area contributed by atoms with E-state index < -0.39 is 4.92 Å². The first-order valence-corrected chi connectivity index (χ1v) is 7.40. The summed E-state index contributed by atoms with van der Waals surface area (Å²) in [6.07, 6.45) is 3.68. The number of anilines is 1. The number of hydrogen-bond acceptors (Lipinski definition) is 4. The molecule has 0 radical (unpaired) electrons. The lowest BCUT2D eigenvalue weighted by molar-refractivity contribution is -0.384. The maximum atomic E-state index is 12.8. The fourth-order valence-electron chi connectivity index (χ4n) is 3.55. The van der Waals surface area contributed by atoms with Crippen LogP contribution in [0.25, 0.3) is 0 Å². The Labute approximate surface area is 123 Å². The first-order chi connectivity index (χ1) is 10.1. The predicted octanol–water partition coefficient (Wildman–Crippen LogP) is 1.86. The quantitative estimate of drug-likeness (QED) is 0.679. The van der Waals surface area contributed by atoms with Gasteiger partial charge in [-0.25, -0.2) is 0 Å². The number of carbonyl (C=O) groups excluding carboxylic acids is 1. The average Bonchev–Trinajstić information content (AvgIpc) is 3.12. The Morgan fingerprint density at radius 1 is 1.43 bits per heavy atom. The predicted molar refractivity (Wildman–Crippen MR) is 79.0 cm³/mol. The van der Waals surface area contributed by atoms with E-state index in [9.17, 15) is 14.9 Å². The summed E-state index contributed by atoms with van der Waals surface area (Å²) in [5, 5.41) is 10.9. The molecular formula is C15H19N3O3. The standard InChI is InChI=1S/C15H19N3O3/c16-9-11-2-1-3-13(11)15(19)17-7-6-10-4-5-12(18(20)21)8-14(10)17/h4-5,8,11,13H,1-3,6-7,9,16H2/t11-,13-/m1/s1. The highest BCUT2D eigenvalue weighted by atomic mass is 16.6. The van der Waals surface area contributed by atoms with Gasteiger partial charge in [-0.1, -0.05) is 12.5 Å². The van der Waals surface area contributed by atoms with Crippen LogP contribution in [-0.4, -0.2) is 23.9 Å². The summed E-state index contributed by atoms with van der Waals surface area (Å²) in [6, 6.07) is 4.79.